The van der Waals surface area contributed by atoms with Crippen molar-refractivity contribution < 1.29 is 18.7 Å². The smallest absolute Gasteiger partial charge is 0.255 e. The van der Waals surface area contributed by atoms with Crippen molar-refractivity contribution in [2.75, 3.05) is 12.4 Å². The van der Waals surface area contributed by atoms with Gasteiger partial charge in [-0.05, 0) is 86.0 Å². The summed E-state index contributed by atoms with van der Waals surface area (Å²) in [5.41, 5.74) is 5.13. The quantitative estimate of drug-likeness (QED) is 0.594. The monoisotopic (exact) mass is 393 g/mol. The van der Waals surface area contributed by atoms with Crippen molar-refractivity contribution in [2.24, 2.45) is 0 Å². The second-order valence-electron chi connectivity index (χ2n) is 6.98. The molecule has 0 aromatic heterocycles. The predicted octanol–water partition coefficient (Wildman–Crippen LogP) is 5.59. The molecule has 3 aromatic carbocycles. The highest BCUT2D eigenvalue weighted by Crippen LogP contribution is 2.27. The van der Waals surface area contributed by atoms with Crippen molar-refractivity contribution in [1.29, 1.82) is 0 Å². The number of hydrogen-bond acceptors (Lipinski definition) is 3. The average Bonchev–Trinajstić information content (AvgIpc) is 2.71. The van der Waals surface area contributed by atoms with Gasteiger partial charge in [-0.1, -0.05) is 6.07 Å². The lowest BCUT2D eigenvalue weighted by Gasteiger charge is -2.15. The summed E-state index contributed by atoms with van der Waals surface area (Å²) < 4.78 is 24.5. The number of aryl methyl sites for hydroxylation is 2. The van der Waals surface area contributed by atoms with Crippen molar-refractivity contribution in [3.8, 4) is 11.5 Å². The summed E-state index contributed by atoms with van der Waals surface area (Å²) in [6.45, 7) is 6.37. The van der Waals surface area contributed by atoms with E-state index in [9.17, 15) is 9.18 Å². The number of hydrogen-bond donors (Lipinski definition) is 1. The van der Waals surface area contributed by atoms with Crippen LogP contribution in [0.15, 0.2) is 54.6 Å². The van der Waals surface area contributed by atoms with Crippen LogP contribution in [0.1, 0.15) is 32.6 Å². The number of carbonyl (C=O) groups is 1. The Labute approximate surface area is 170 Å². The van der Waals surface area contributed by atoms with Crippen molar-refractivity contribution in [3.63, 3.8) is 0 Å². The van der Waals surface area contributed by atoms with E-state index in [1.807, 2.05) is 19.9 Å². The lowest BCUT2D eigenvalue weighted by atomic mass is 10.1. The summed E-state index contributed by atoms with van der Waals surface area (Å²) in [5, 5.41) is 2.76. The SMILES string of the molecule is COc1ccc(C(=O)Nc2ccc(F)cc2)cc1COc1cc(C)cc(C)c1C. The zero-order valence-electron chi connectivity index (χ0n) is 17.0. The van der Waals surface area contributed by atoms with Crippen LogP contribution in [0.4, 0.5) is 10.1 Å². The van der Waals surface area contributed by atoms with Gasteiger partial charge in [-0.15, -0.1) is 0 Å². The molecule has 5 heteroatoms. The Hall–Kier alpha value is -3.34. The molecule has 0 saturated heterocycles. The van der Waals surface area contributed by atoms with Crippen LogP contribution in [0.25, 0.3) is 0 Å². The minimum Gasteiger partial charge on any atom is -0.496 e. The van der Waals surface area contributed by atoms with Crippen molar-refractivity contribution in [1.82, 2.24) is 0 Å². The molecule has 150 valence electrons. The van der Waals surface area contributed by atoms with E-state index in [1.165, 1.54) is 29.8 Å². The first kappa shape index (κ1) is 20.4. The van der Waals surface area contributed by atoms with Crippen LogP contribution < -0.4 is 14.8 Å². The summed E-state index contributed by atoms with van der Waals surface area (Å²) in [6, 6.07) is 14.9. The molecule has 0 radical (unpaired) electrons. The molecule has 0 aliphatic rings. The van der Waals surface area contributed by atoms with E-state index in [0.717, 1.165) is 22.4 Å². The van der Waals surface area contributed by atoms with Crippen LogP contribution in [0.2, 0.25) is 0 Å². The molecule has 4 nitrogen and oxygen atoms in total. The molecule has 1 amide bonds. The molecule has 3 aromatic rings. The lowest BCUT2D eigenvalue weighted by Crippen LogP contribution is -2.13. The Morgan fingerprint density at radius 1 is 0.966 bits per heavy atom. The van der Waals surface area contributed by atoms with Crippen LogP contribution in [-0.2, 0) is 6.61 Å². The van der Waals surface area contributed by atoms with Gasteiger partial charge in [-0.25, -0.2) is 4.39 Å². The highest BCUT2D eigenvalue weighted by atomic mass is 19.1. The van der Waals surface area contributed by atoms with E-state index in [4.69, 9.17) is 9.47 Å². The second kappa shape index (κ2) is 8.78. The van der Waals surface area contributed by atoms with Gasteiger partial charge < -0.3 is 14.8 Å². The van der Waals surface area contributed by atoms with Gasteiger partial charge in [-0.2, -0.15) is 0 Å². The topological polar surface area (TPSA) is 47.6 Å². The van der Waals surface area contributed by atoms with E-state index in [1.54, 1.807) is 25.3 Å². The fraction of sp³-hybridized carbons (Fsp3) is 0.208. The molecular formula is C24H24FNO3. The number of amides is 1. The van der Waals surface area contributed by atoms with Gasteiger partial charge in [-0.3, -0.25) is 4.79 Å². The third kappa shape index (κ3) is 4.93. The maximum absolute atomic E-state index is 13.0. The number of methoxy groups -OCH3 is 1. The van der Waals surface area contributed by atoms with E-state index in [0.29, 0.717) is 17.0 Å². The zero-order valence-corrected chi connectivity index (χ0v) is 17.0. The predicted molar refractivity (Wildman–Crippen MR) is 112 cm³/mol. The molecule has 29 heavy (non-hydrogen) atoms. The van der Waals surface area contributed by atoms with Gasteiger partial charge in [0.15, 0.2) is 0 Å². The van der Waals surface area contributed by atoms with Crippen LogP contribution in [-0.4, -0.2) is 13.0 Å². The molecule has 0 spiro atoms. The summed E-state index contributed by atoms with van der Waals surface area (Å²) in [5.74, 6) is 0.813. The van der Waals surface area contributed by atoms with Gasteiger partial charge >= 0.3 is 0 Å². The molecule has 0 heterocycles. The highest BCUT2D eigenvalue weighted by molar-refractivity contribution is 6.04. The van der Waals surface area contributed by atoms with Gasteiger partial charge in [0, 0.05) is 16.8 Å². The van der Waals surface area contributed by atoms with Crippen molar-refractivity contribution >= 4 is 11.6 Å². The van der Waals surface area contributed by atoms with E-state index < -0.39 is 0 Å². The van der Waals surface area contributed by atoms with E-state index in [-0.39, 0.29) is 18.3 Å². The molecule has 3 rings (SSSR count). The Bertz CT molecular complexity index is 1030. The minimum atomic E-state index is -0.353. The highest BCUT2D eigenvalue weighted by Gasteiger charge is 2.12. The van der Waals surface area contributed by atoms with Crippen molar-refractivity contribution in [2.45, 2.75) is 27.4 Å². The number of benzene rings is 3. The van der Waals surface area contributed by atoms with Crippen LogP contribution in [0, 0.1) is 26.6 Å². The summed E-state index contributed by atoms with van der Waals surface area (Å²) in [4.78, 5) is 12.6. The molecule has 1 N–H and O–H groups in total. The summed E-state index contributed by atoms with van der Waals surface area (Å²) in [6.07, 6.45) is 0. The maximum Gasteiger partial charge on any atom is 0.255 e. The summed E-state index contributed by atoms with van der Waals surface area (Å²) >= 11 is 0. The van der Waals surface area contributed by atoms with Gasteiger partial charge in [0.1, 0.15) is 23.9 Å². The molecule has 0 bridgehead atoms. The normalized spacial score (nSPS) is 10.5. The summed E-state index contributed by atoms with van der Waals surface area (Å²) in [7, 11) is 1.58. The maximum atomic E-state index is 13.0. The largest absolute Gasteiger partial charge is 0.496 e. The Morgan fingerprint density at radius 2 is 1.69 bits per heavy atom. The minimum absolute atomic E-state index is 0.268. The van der Waals surface area contributed by atoms with Gasteiger partial charge in [0.05, 0.1) is 7.11 Å². The van der Waals surface area contributed by atoms with Gasteiger partial charge in [0.25, 0.3) is 5.91 Å². The second-order valence-corrected chi connectivity index (χ2v) is 6.98. The molecule has 0 atom stereocenters. The van der Waals surface area contributed by atoms with Crippen LogP contribution in [0.3, 0.4) is 0 Å². The zero-order chi connectivity index (χ0) is 21.0. The molecule has 0 aliphatic heterocycles. The first-order valence-corrected chi connectivity index (χ1v) is 9.32. The standard InChI is InChI=1S/C24H24FNO3/c1-15-11-16(2)17(3)23(12-15)29-14-19-13-18(5-10-22(19)28-4)24(27)26-21-8-6-20(25)7-9-21/h5-13H,14H2,1-4H3,(H,26,27). The molecule has 0 fully saturated rings. The number of nitrogens with one attached hydrogen (secondary N) is 1. The number of halogens is 1. The Kier molecular flexibility index (Phi) is 6.17. The van der Waals surface area contributed by atoms with E-state index in [2.05, 4.69) is 18.3 Å². The Balaban J connectivity index is 1.80. The number of ether oxygens (including phenoxy) is 2. The molecular weight excluding hydrogens is 369 g/mol. The molecule has 0 unspecified atom stereocenters. The molecule has 0 aliphatic carbocycles. The first-order chi connectivity index (χ1) is 13.9. The number of anilines is 1. The fourth-order valence-electron chi connectivity index (χ4n) is 3.08. The average molecular weight is 393 g/mol. The number of rotatable bonds is 6. The first-order valence-electron chi connectivity index (χ1n) is 9.32. The molecule has 0 saturated carbocycles. The Morgan fingerprint density at radius 3 is 2.38 bits per heavy atom. The fourth-order valence-corrected chi connectivity index (χ4v) is 3.08. The lowest BCUT2D eigenvalue weighted by molar-refractivity contribution is 0.102. The van der Waals surface area contributed by atoms with Crippen LogP contribution >= 0.6 is 0 Å². The number of carbonyl (C=O) groups excluding carboxylic acids is 1. The third-order valence-corrected chi connectivity index (χ3v) is 4.79. The van der Waals surface area contributed by atoms with E-state index >= 15 is 0 Å². The van der Waals surface area contributed by atoms with Crippen molar-refractivity contribution in [3.05, 3.63) is 88.2 Å². The van der Waals surface area contributed by atoms with Gasteiger partial charge in [0.2, 0.25) is 0 Å². The van der Waals surface area contributed by atoms with Crippen LogP contribution in [0.5, 0.6) is 11.5 Å². The third-order valence-electron chi connectivity index (χ3n) is 4.79.